The lowest BCUT2D eigenvalue weighted by Gasteiger charge is -2.14. The maximum atomic E-state index is 11.8. The van der Waals surface area contributed by atoms with Crippen molar-refractivity contribution < 1.29 is 4.79 Å². The van der Waals surface area contributed by atoms with Crippen LogP contribution < -0.4 is 10.6 Å². The van der Waals surface area contributed by atoms with Crippen LogP contribution in [-0.2, 0) is 11.2 Å². The van der Waals surface area contributed by atoms with Crippen LogP contribution in [0.3, 0.4) is 0 Å². The van der Waals surface area contributed by atoms with E-state index in [2.05, 4.69) is 41.8 Å². The van der Waals surface area contributed by atoms with Crippen molar-refractivity contribution in [2.45, 2.75) is 52.0 Å². The largest absolute Gasteiger partial charge is 0.355 e. The first kappa shape index (κ1) is 16.7. The van der Waals surface area contributed by atoms with Gasteiger partial charge >= 0.3 is 0 Å². The van der Waals surface area contributed by atoms with Crippen LogP contribution in [0.15, 0.2) is 30.3 Å². The second kappa shape index (κ2) is 10.4. The monoisotopic (exact) mass is 276 g/mol. The number of carbonyl (C=O) groups excluding carboxylic acids is 1. The molecular formula is C17H28N2O. The summed E-state index contributed by atoms with van der Waals surface area (Å²) in [5.41, 5.74) is 1.35. The van der Waals surface area contributed by atoms with E-state index in [-0.39, 0.29) is 11.9 Å². The zero-order valence-corrected chi connectivity index (χ0v) is 12.8. The van der Waals surface area contributed by atoms with E-state index in [4.69, 9.17) is 0 Å². The fourth-order valence-corrected chi connectivity index (χ4v) is 2.09. The molecule has 0 saturated heterocycles. The summed E-state index contributed by atoms with van der Waals surface area (Å²) in [6, 6.07) is 10.3. The number of hydrogen-bond donors (Lipinski definition) is 2. The molecule has 0 aliphatic heterocycles. The zero-order chi connectivity index (χ0) is 14.6. The fourth-order valence-electron chi connectivity index (χ4n) is 2.09. The van der Waals surface area contributed by atoms with E-state index in [1.165, 1.54) is 18.4 Å². The molecule has 1 atom stereocenters. The van der Waals surface area contributed by atoms with Crippen molar-refractivity contribution in [2.24, 2.45) is 0 Å². The molecule has 0 aliphatic carbocycles. The molecule has 0 bridgehead atoms. The number of nitrogens with one attached hydrogen (secondary N) is 2. The van der Waals surface area contributed by atoms with E-state index < -0.39 is 0 Å². The van der Waals surface area contributed by atoms with Crippen LogP contribution in [0.5, 0.6) is 0 Å². The van der Waals surface area contributed by atoms with Gasteiger partial charge in [0.1, 0.15) is 0 Å². The summed E-state index contributed by atoms with van der Waals surface area (Å²) >= 11 is 0. The molecule has 20 heavy (non-hydrogen) atoms. The van der Waals surface area contributed by atoms with Gasteiger partial charge in [-0.25, -0.2) is 0 Å². The van der Waals surface area contributed by atoms with E-state index in [1.807, 2.05) is 13.0 Å². The van der Waals surface area contributed by atoms with E-state index >= 15 is 0 Å². The third kappa shape index (κ3) is 7.29. The molecular weight excluding hydrogens is 248 g/mol. The highest BCUT2D eigenvalue weighted by atomic mass is 16.2. The first-order valence-electron chi connectivity index (χ1n) is 7.79. The Morgan fingerprint density at radius 1 is 1.10 bits per heavy atom. The van der Waals surface area contributed by atoms with Crippen molar-refractivity contribution in [3.8, 4) is 0 Å². The van der Waals surface area contributed by atoms with Crippen molar-refractivity contribution in [3.63, 3.8) is 0 Å². The standard InChI is InChI=1S/C17H28N2O/c1-3-4-8-13-19-17(20)15(2)18-14-9-12-16-10-6-5-7-11-16/h5-7,10-11,15,18H,3-4,8-9,12-14H2,1-2H3,(H,19,20). The second-order valence-electron chi connectivity index (χ2n) is 5.26. The van der Waals surface area contributed by atoms with E-state index in [9.17, 15) is 4.79 Å². The Bertz CT molecular complexity index is 365. The van der Waals surface area contributed by atoms with Gasteiger partial charge in [-0.05, 0) is 38.3 Å². The summed E-state index contributed by atoms with van der Waals surface area (Å²) in [5.74, 6) is 0.112. The summed E-state index contributed by atoms with van der Waals surface area (Å²) in [6.45, 7) is 5.76. The smallest absolute Gasteiger partial charge is 0.236 e. The maximum Gasteiger partial charge on any atom is 0.236 e. The van der Waals surface area contributed by atoms with Crippen LogP contribution in [0, 0.1) is 0 Å². The second-order valence-corrected chi connectivity index (χ2v) is 5.26. The van der Waals surface area contributed by atoms with Crippen molar-refractivity contribution in [2.75, 3.05) is 13.1 Å². The number of rotatable bonds is 10. The quantitative estimate of drug-likeness (QED) is 0.645. The van der Waals surface area contributed by atoms with Crippen LogP contribution in [-0.4, -0.2) is 25.0 Å². The molecule has 0 saturated carbocycles. The Morgan fingerprint density at radius 3 is 2.55 bits per heavy atom. The predicted molar refractivity (Wildman–Crippen MR) is 84.8 cm³/mol. The van der Waals surface area contributed by atoms with E-state index in [0.717, 1.165) is 32.4 Å². The summed E-state index contributed by atoms with van der Waals surface area (Å²) in [5, 5.41) is 6.26. The van der Waals surface area contributed by atoms with Gasteiger partial charge in [-0.1, -0.05) is 50.1 Å². The van der Waals surface area contributed by atoms with Crippen molar-refractivity contribution in [3.05, 3.63) is 35.9 Å². The molecule has 3 nitrogen and oxygen atoms in total. The van der Waals surface area contributed by atoms with Crippen LogP contribution in [0.4, 0.5) is 0 Å². The van der Waals surface area contributed by atoms with Gasteiger partial charge in [0.15, 0.2) is 0 Å². The average molecular weight is 276 g/mol. The van der Waals surface area contributed by atoms with Gasteiger partial charge in [0.2, 0.25) is 5.91 Å². The summed E-state index contributed by atoms with van der Waals surface area (Å²) in [4.78, 5) is 11.8. The molecule has 0 aromatic heterocycles. The third-order valence-corrected chi connectivity index (χ3v) is 3.41. The molecule has 112 valence electrons. The third-order valence-electron chi connectivity index (χ3n) is 3.41. The first-order valence-corrected chi connectivity index (χ1v) is 7.79. The number of carbonyl (C=O) groups is 1. The molecule has 2 N–H and O–H groups in total. The Balaban J connectivity index is 2.07. The van der Waals surface area contributed by atoms with Crippen LogP contribution >= 0.6 is 0 Å². The average Bonchev–Trinajstić information content (AvgIpc) is 2.48. The highest BCUT2D eigenvalue weighted by Gasteiger charge is 2.10. The predicted octanol–water partition coefficient (Wildman–Crippen LogP) is 2.90. The molecule has 1 aromatic carbocycles. The molecule has 0 spiro atoms. The molecule has 0 heterocycles. The van der Waals surface area contributed by atoms with Gasteiger partial charge in [0.25, 0.3) is 0 Å². The summed E-state index contributed by atoms with van der Waals surface area (Å²) < 4.78 is 0. The Hall–Kier alpha value is -1.35. The van der Waals surface area contributed by atoms with Gasteiger partial charge in [-0.15, -0.1) is 0 Å². The zero-order valence-electron chi connectivity index (χ0n) is 12.8. The molecule has 0 aliphatic rings. The van der Waals surface area contributed by atoms with Gasteiger partial charge in [-0.2, -0.15) is 0 Å². The Morgan fingerprint density at radius 2 is 1.85 bits per heavy atom. The minimum absolute atomic E-state index is 0.104. The first-order chi connectivity index (χ1) is 9.74. The molecule has 1 rings (SSSR count). The van der Waals surface area contributed by atoms with Crippen molar-refractivity contribution in [1.82, 2.24) is 10.6 Å². The van der Waals surface area contributed by atoms with Gasteiger partial charge < -0.3 is 10.6 Å². The van der Waals surface area contributed by atoms with Gasteiger partial charge in [0.05, 0.1) is 6.04 Å². The van der Waals surface area contributed by atoms with Gasteiger partial charge in [-0.3, -0.25) is 4.79 Å². The molecule has 1 amide bonds. The minimum Gasteiger partial charge on any atom is -0.355 e. The number of aryl methyl sites for hydroxylation is 1. The lowest BCUT2D eigenvalue weighted by molar-refractivity contribution is -0.122. The minimum atomic E-state index is -0.104. The highest BCUT2D eigenvalue weighted by Crippen LogP contribution is 2.01. The topological polar surface area (TPSA) is 41.1 Å². The van der Waals surface area contributed by atoms with Crippen LogP contribution in [0.1, 0.15) is 45.1 Å². The molecule has 0 radical (unpaired) electrons. The number of benzene rings is 1. The molecule has 0 fully saturated rings. The molecule has 1 unspecified atom stereocenters. The normalized spacial score (nSPS) is 12.1. The number of unbranched alkanes of at least 4 members (excludes halogenated alkanes) is 2. The molecule has 1 aromatic rings. The number of amides is 1. The maximum absolute atomic E-state index is 11.8. The van der Waals surface area contributed by atoms with Crippen LogP contribution in [0.25, 0.3) is 0 Å². The van der Waals surface area contributed by atoms with E-state index in [1.54, 1.807) is 0 Å². The summed E-state index contributed by atoms with van der Waals surface area (Å²) in [7, 11) is 0. The van der Waals surface area contributed by atoms with Gasteiger partial charge in [0, 0.05) is 6.54 Å². The highest BCUT2D eigenvalue weighted by molar-refractivity contribution is 5.81. The Kier molecular flexibility index (Phi) is 8.72. The summed E-state index contributed by atoms with van der Waals surface area (Å²) in [6.07, 6.45) is 5.54. The van der Waals surface area contributed by atoms with Crippen molar-refractivity contribution in [1.29, 1.82) is 0 Å². The van der Waals surface area contributed by atoms with Crippen LogP contribution in [0.2, 0.25) is 0 Å². The SMILES string of the molecule is CCCCCNC(=O)C(C)NCCCc1ccccc1. The Labute approximate surface area is 123 Å². The van der Waals surface area contributed by atoms with Crippen molar-refractivity contribution >= 4 is 5.91 Å². The molecule has 3 heteroatoms. The lowest BCUT2D eigenvalue weighted by Crippen LogP contribution is -2.42. The fraction of sp³-hybridized carbons (Fsp3) is 0.588. The van der Waals surface area contributed by atoms with E-state index in [0.29, 0.717) is 0 Å². The number of hydrogen-bond acceptors (Lipinski definition) is 2. The lowest BCUT2D eigenvalue weighted by atomic mass is 10.1.